The zero-order valence-electron chi connectivity index (χ0n) is 11.3. The van der Waals surface area contributed by atoms with Gasteiger partial charge in [-0.25, -0.2) is 0 Å². The molecule has 2 fully saturated rings. The van der Waals surface area contributed by atoms with E-state index < -0.39 is 0 Å². The van der Waals surface area contributed by atoms with Crippen LogP contribution >= 0.6 is 23.4 Å². The molecule has 0 atom stereocenters. The highest BCUT2D eigenvalue weighted by Gasteiger charge is 2.40. The van der Waals surface area contributed by atoms with Gasteiger partial charge in [-0.2, -0.15) is 11.8 Å². The number of hydrogen-bond donors (Lipinski definition) is 1. The van der Waals surface area contributed by atoms with Crippen LogP contribution in [0.25, 0.3) is 0 Å². The van der Waals surface area contributed by atoms with Crippen molar-refractivity contribution in [2.75, 3.05) is 12.3 Å². The van der Waals surface area contributed by atoms with Crippen LogP contribution in [0.2, 0.25) is 5.02 Å². The minimum Gasteiger partial charge on any atom is -0.313 e. The number of rotatable bonds is 8. The van der Waals surface area contributed by atoms with Crippen molar-refractivity contribution in [3.63, 3.8) is 0 Å². The summed E-state index contributed by atoms with van der Waals surface area (Å²) in [5.74, 6) is 4.32. The van der Waals surface area contributed by atoms with Crippen LogP contribution in [0, 0.1) is 11.8 Å². The molecule has 0 bridgehead atoms. The summed E-state index contributed by atoms with van der Waals surface area (Å²) in [5.41, 5.74) is 1.37. The Bertz CT molecular complexity index is 386. The molecule has 1 nitrogen and oxygen atoms in total. The first-order valence-corrected chi connectivity index (χ1v) is 8.92. The van der Waals surface area contributed by atoms with Crippen LogP contribution in [0.5, 0.6) is 0 Å². The van der Waals surface area contributed by atoms with Gasteiger partial charge >= 0.3 is 0 Å². The van der Waals surface area contributed by atoms with E-state index in [1.165, 1.54) is 37.0 Å². The third-order valence-electron chi connectivity index (χ3n) is 4.07. The van der Waals surface area contributed by atoms with E-state index >= 15 is 0 Å². The van der Waals surface area contributed by atoms with Gasteiger partial charge in [-0.15, -0.1) is 0 Å². The molecule has 2 aliphatic rings. The Hall–Kier alpha value is -0.180. The number of benzene rings is 1. The lowest BCUT2D eigenvalue weighted by Gasteiger charge is -2.17. The fourth-order valence-electron chi connectivity index (χ4n) is 2.70. The van der Waals surface area contributed by atoms with Crippen molar-refractivity contribution in [3.8, 4) is 0 Å². The maximum Gasteiger partial charge on any atom is 0.0406 e. The van der Waals surface area contributed by atoms with Crippen LogP contribution in [0.4, 0.5) is 0 Å². The van der Waals surface area contributed by atoms with Crippen molar-refractivity contribution in [1.29, 1.82) is 0 Å². The van der Waals surface area contributed by atoms with Crippen molar-refractivity contribution >= 4 is 23.4 Å². The normalized spacial score (nSPS) is 19.1. The van der Waals surface area contributed by atoms with E-state index in [1.807, 2.05) is 23.9 Å². The van der Waals surface area contributed by atoms with Gasteiger partial charge in [-0.3, -0.25) is 0 Å². The maximum absolute atomic E-state index is 5.88. The van der Waals surface area contributed by atoms with Gasteiger partial charge in [-0.1, -0.05) is 23.7 Å². The molecule has 0 aliphatic heterocycles. The zero-order chi connectivity index (χ0) is 13.1. The Morgan fingerprint density at radius 3 is 2.32 bits per heavy atom. The highest BCUT2D eigenvalue weighted by atomic mass is 35.5. The third kappa shape index (κ3) is 4.40. The van der Waals surface area contributed by atoms with Gasteiger partial charge in [-0.05, 0) is 55.2 Å². The molecule has 0 amide bonds. The van der Waals surface area contributed by atoms with Gasteiger partial charge in [0, 0.05) is 29.1 Å². The minimum atomic E-state index is 0.826. The molecule has 2 aliphatic carbocycles. The fourth-order valence-corrected chi connectivity index (χ4v) is 3.66. The number of thioether (sulfide) groups is 1. The van der Waals surface area contributed by atoms with Crippen LogP contribution in [-0.4, -0.2) is 18.3 Å². The molecule has 2 saturated carbocycles. The first-order chi connectivity index (χ1) is 9.33. The van der Waals surface area contributed by atoms with E-state index in [-0.39, 0.29) is 0 Å². The molecular formula is C16H22ClNS. The summed E-state index contributed by atoms with van der Waals surface area (Å²) >= 11 is 7.90. The molecule has 0 heterocycles. The lowest BCUT2D eigenvalue weighted by atomic mass is 10.1. The van der Waals surface area contributed by atoms with E-state index in [1.54, 1.807) is 0 Å². The molecule has 19 heavy (non-hydrogen) atoms. The Balaban J connectivity index is 1.31. The number of nitrogens with one attached hydrogen (secondary N) is 1. The van der Waals surface area contributed by atoms with Gasteiger partial charge in [0.05, 0.1) is 0 Å². The smallest absolute Gasteiger partial charge is 0.0406 e. The van der Waals surface area contributed by atoms with Crippen LogP contribution in [0.15, 0.2) is 24.3 Å². The van der Waals surface area contributed by atoms with E-state index in [4.69, 9.17) is 11.6 Å². The average molecular weight is 296 g/mol. The Morgan fingerprint density at radius 1 is 1.11 bits per heavy atom. The first-order valence-electron chi connectivity index (χ1n) is 7.38. The molecule has 104 valence electrons. The highest BCUT2D eigenvalue weighted by Crippen LogP contribution is 2.44. The summed E-state index contributed by atoms with van der Waals surface area (Å²) in [5, 5.41) is 4.62. The summed E-state index contributed by atoms with van der Waals surface area (Å²) in [7, 11) is 0. The minimum absolute atomic E-state index is 0.826. The second kappa shape index (κ2) is 6.51. The summed E-state index contributed by atoms with van der Waals surface area (Å²) < 4.78 is 0. The second-order valence-corrected chi connectivity index (χ2v) is 7.38. The fraction of sp³-hybridized carbons (Fsp3) is 0.625. The van der Waals surface area contributed by atoms with Gasteiger partial charge in [0.15, 0.2) is 0 Å². The molecule has 0 saturated heterocycles. The van der Waals surface area contributed by atoms with Gasteiger partial charge < -0.3 is 5.32 Å². The SMILES string of the molecule is Clc1ccc(CSCCNC(C2CC2)C2CC2)cc1. The first kappa shape index (κ1) is 13.8. The molecule has 0 radical (unpaired) electrons. The molecule has 1 N–H and O–H groups in total. The molecule has 3 rings (SSSR count). The van der Waals surface area contributed by atoms with Crippen molar-refractivity contribution in [1.82, 2.24) is 5.32 Å². The Labute approximate surface area is 125 Å². The molecule has 1 aromatic rings. The molecule has 3 heteroatoms. The van der Waals surface area contributed by atoms with E-state index in [0.29, 0.717) is 0 Å². The second-order valence-electron chi connectivity index (χ2n) is 5.83. The number of halogens is 1. The summed E-state index contributed by atoms with van der Waals surface area (Å²) in [6.45, 7) is 1.16. The predicted octanol–water partition coefficient (Wildman–Crippen LogP) is 4.35. The quantitative estimate of drug-likeness (QED) is 0.716. The van der Waals surface area contributed by atoms with Crippen molar-refractivity contribution in [3.05, 3.63) is 34.9 Å². The number of hydrogen-bond acceptors (Lipinski definition) is 2. The lowest BCUT2D eigenvalue weighted by molar-refractivity contribution is 0.429. The molecule has 0 aromatic heterocycles. The van der Waals surface area contributed by atoms with Crippen LogP contribution < -0.4 is 5.32 Å². The van der Waals surface area contributed by atoms with Crippen LogP contribution in [-0.2, 0) is 5.75 Å². The van der Waals surface area contributed by atoms with Gasteiger partial charge in [0.2, 0.25) is 0 Å². The molecule has 0 spiro atoms. The summed E-state index contributed by atoms with van der Waals surface area (Å²) in [6, 6.07) is 9.05. The highest BCUT2D eigenvalue weighted by molar-refractivity contribution is 7.98. The Morgan fingerprint density at radius 2 is 1.74 bits per heavy atom. The zero-order valence-corrected chi connectivity index (χ0v) is 12.8. The van der Waals surface area contributed by atoms with Gasteiger partial charge in [0.1, 0.15) is 0 Å². The maximum atomic E-state index is 5.88. The van der Waals surface area contributed by atoms with Crippen molar-refractivity contribution < 1.29 is 0 Å². The van der Waals surface area contributed by atoms with E-state index in [9.17, 15) is 0 Å². The average Bonchev–Trinajstić information content (AvgIpc) is 3.28. The van der Waals surface area contributed by atoms with Crippen LogP contribution in [0.3, 0.4) is 0 Å². The molecule has 0 unspecified atom stereocenters. The summed E-state index contributed by atoms with van der Waals surface area (Å²) in [4.78, 5) is 0. The topological polar surface area (TPSA) is 12.0 Å². The summed E-state index contributed by atoms with van der Waals surface area (Å²) in [6.07, 6.45) is 5.86. The molecular weight excluding hydrogens is 274 g/mol. The largest absolute Gasteiger partial charge is 0.313 e. The van der Waals surface area contributed by atoms with E-state index in [2.05, 4.69) is 17.4 Å². The van der Waals surface area contributed by atoms with Crippen molar-refractivity contribution in [2.45, 2.75) is 37.5 Å². The monoisotopic (exact) mass is 295 g/mol. The third-order valence-corrected chi connectivity index (χ3v) is 5.35. The lowest BCUT2D eigenvalue weighted by Crippen LogP contribution is -2.34. The predicted molar refractivity (Wildman–Crippen MR) is 84.9 cm³/mol. The standard InChI is InChI=1S/C16H22ClNS/c17-15-7-1-12(2-8-15)11-19-10-9-18-16(13-3-4-13)14-5-6-14/h1-2,7-8,13-14,16,18H,3-6,9-11H2. The van der Waals surface area contributed by atoms with Gasteiger partial charge in [0.25, 0.3) is 0 Å². The molecule has 1 aromatic carbocycles. The Kier molecular flexibility index (Phi) is 4.73. The van der Waals surface area contributed by atoms with Crippen molar-refractivity contribution in [2.24, 2.45) is 11.8 Å². The van der Waals surface area contributed by atoms with E-state index in [0.717, 1.165) is 35.2 Å². The van der Waals surface area contributed by atoms with Crippen LogP contribution in [0.1, 0.15) is 31.2 Å².